The van der Waals surface area contributed by atoms with Gasteiger partial charge in [0.15, 0.2) is 0 Å². The van der Waals surface area contributed by atoms with E-state index in [2.05, 4.69) is 16.9 Å². The third kappa shape index (κ3) is 6.98. The maximum atomic E-state index is 13.9. The van der Waals surface area contributed by atoms with Crippen molar-refractivity contribution in [3.8, 4) is 5.75 Å². The van der Waals surface area contributed by atoms with Crippen LogP contribution in [0.1, 0.15) is 77.0 Å². The molecule has 2 aliphatic heterocycles. The summed E-state index contributed by atoms with van der Waals surface area (Å²) in [5.74, 6) is -1.15. The SMILES string of the molecule is C=CCCCCC[C@H](NC(=O)OC(C)(C)C)C(=O)N1C[C@@]2(CCc3c(c(CO)nc4ccccc34)O2)C[C@H]1C(=O)O. The van der Waals surface area contributed by atoms with Crippen molar-refractivity contribution in [1.82, 2.24) is 15.2 Å². The van der Waals surface area contributed by atoms with Crippen LogP contribution in [0.25, 0.3) is 10.9 Å². The Morgan fingerprint density at radius 1 is 1.27 bits per heavy atom. The summed E-state index contributed by atoms with van der Waals surface area (Å²) >= 11 is 0. The van der Waals surface area contributed by atoms with Crippen molar-refractivity contribution >= 4 is 28.9 Å². The largest absolute Gasteiger partial charge is 0.483 e. The lowest BCUT2D eigenvalue weighted by Crippen LogP contribution is -2.53. The molecule has 1 spiro atoms. The number of aryl methyl sites for hydroxylation is 1. The molecule has 1 aromatic carbocycles. The van der Waals surface area contributed by atoms with Gasteiger partial charge in [-0.15, -0.1) is 6.58 Å². The van der Waals surface area contributed by atoms with E-state index in [-0.39, 0.29) is 19.6 Å². The molecule has 10 nitrogen and oxygen atoms in total. The molecule has 4 rings (SSSR count). The molecule has 3 N–H and O–H groups in total. The Kier molecular flexibility index (Phi) is 9.21. The number of carboxylic acids is 1. The third-order valence-corrected chi connectivity index (χ3v) is 7.68. The van der Waals surface area contributed by atoms with E-state index in [9.17, 15) is 24.6 Å². The quantitative estimate of drug-likeness (QED) is 0.282. The fraction of sp³-hybridized carbons (Fsp3) is 0.548. The van der Waals surface area contributed by atoms with Gasteiger partial charge in [0, 0.05) is 17.4 Å². The highest BCUT2D eigenvalue weighted by Gasteiger charge is 2.53. The maximum absolute atomic E-state index is 13.9. The zero-order chi connectivity index (χ0) is 29.8. The molecule has 2 aromatic rings. The lowest BCUT2D eigenvalue weighted by atomic mass is 9.87. The summed E-state index contributed by atoms with van der Waals surface area (Å²) in [5.41, 5.74) is 0.352. The molecule has 0 saturated carbocycles. The lowest BCUT2D eigenvalue weighted by Gasteiger charge is -2.37. The van der Waals surface area contributed by atoms with Crippen LogP contribution in [0.5, 0.6) is 5.75 Å². The van der Waals surface area contributed by atoms with E-state index in [0.717, 1.165) is 35.7 Å². The van der Waals surface area contributed by atoms with Crippen molar-refractivity contribution in [2.75, 3.05) is 6.54 Å². The molecule has 1 aromatic heterocycles. The van der Waals surface area contributed by atoms with Gasteiger partial charge in [0.25, 0.3) is 0 Å². The van der Waals surface area contributed by atoms with Crippen molar-refractivity contribution in [2.24, 2.45) is 0 Å². The number of amides is 2. The van der Waals surface area contributed by atoms with E-state index in [0.29, 0.717) is 37.1 Å². The summed E-state index contributed by atoms with van der Waals surface area (Å²) in [6.45, 7) is 8.66. The number of carboxylic acid groups (broad SMARTS) is 1. The highest BCUT2D eigenvalue weighted by Crippen LogP contribution is 2.44. The zero-order valence-electron chi connectivity index (χ0n) is 24.1. The Labute approximate surface area is 240 Å². The average molecular weight is 568 g/mol. The summed E-state index contributed by atoms with van der Waals surface area (Å²) < 4.78 is 11.9. The van der Waals surface area contributed by atoms with Crippen LogP contribution in [0.15, 0.2) is 36.9 Å². The van der Waals surface area contributed by atoms with E-state index in [4.69, 9.17) is 9.47 Å². The second kappa shape index (κ2) is 12.5. The minimum Gasteiger partial charge on any atom is -0.483 e. The molecule has 3 heterocycles. The molecule has 0 unspecified atom stereocenters. The summed E-state index contributed by atoms with van der Waals surface area (Å²) in [6.07, 6.45) is 5.89. The second-order valence-electron chi connectivity index (χ2n) is 12.0. The Bertz CT molecular complexity index is 1300. The average Bonchev–Trinajstić information content (AvgIpc) is 3.29. The molecule has 41 heavy (non-hydrogen) atoms. The number of allylic oxidation sites excluding steroid dienone is 1. The van der Waals surface area contributed by atoms with E-state index in [1.807, 2.05) is 30.3 Å². The Morgan fingerprint density at radius 2 is 2.02 bits per heavy atom. The minimum atomic E-state index is -1.13. The number of nitrogens with zero attached hydrogens (tertiary/aromatic N) is 2. The van der Waals surface area contributed by atoms with Gasteiger partial charge in [0.1, 0.15) is 34.7 Å². The molecular weight excluding hydrogens is 526 g/mol. The second-order valence-corrected chi connectivity index (χ2v) is 12.0. The van der Waals surface area contributed by atoms with Crippen LogP contribution in [0.2, 0.25) is 0 Å². The van der Waals surface area contributed by atoms with Gasteiger partial charge >= 0.3 is 12.1 Å². The molecule has 1 saturated heterocycles. The Morgan fingerprint density at radius 3 is 2.71 bits per heavy atom. The molecule has 222 valence electrons. The van der Waals surface area contributed by atoms with E-state index in [1.54, 1.807) is 20.8 Å². The first-order valence-electron chi connectivity index (χ1n) is 14.3. The Hall–Kier alpha value is -3.66. The van der Waals surface area contributed by atoms with Gasteiger partial charge in [-0.25, -0.2) is 14.6 Å². The standard InChI is InChI=1S/C31H41N3O7/c1-5-6-7-8-9-14-23(33-29(39)41-30(2,3)4)27(36)34-19-31(17-25(34)28(37)38)16-15-21-20-12-10-11-13-22(20)32-24(18-35)26(21)40-31/h5,10-13,23,25,35H,1,6-9,14-19H2,2-4H3,(H,33,39)(H,37,38)/t23-,25-,31+/m0/s1. The number of alkyl carbamates (subject to hydrolysis) is 1. The van der Waals surface area contributed by atoms with Crippen molar-refractivity contribution in [3.63, 3.8) is 0 Å². The molecule has 2 aliphatic rings. The predicted molar refractivity (Wildman–Crippen MR) is 154 cm³/mol. The molecule has 0 aliphatic carbocycles. The number of carbonyl (C=O) groups excluding carboxylic acids is 2. The van der Waals surface area contributed by atoms with Gasteiger partial charge in [-0.05, 0) is 58.9 Å². The number of aromatic nitrogens is 1. The monoisotopic (exact) mass is 567 g/mol. The summed E-state index contributed by atoms with van der Waals surface area (Å²) in [5, 5.41) is 23.9. The lowest BCUT2D eigenvalue weighted by molar-refractivity contribution is -0.149. The number of para-hydroxylation sites is 1. The van der Waals surface area contributed by atoms with Crippen molar-refractivity contribution < 1.29 is 34.1 Å². The summed E-state index contributed by atoms with van der Waals surface area (Å²) in [6, 6.07) is 5.56. The molecule has 0 radical (unpaired) electrons. The number of aliphatic hydroxyl groups is 1. The van der Waals surface area contributed by atoms with Crippen LogP contribution in [0.3, 0.4) is 0 Å². The number of fused-ring (bicyclic) bond motifs is 3. The van der Waals surface area contributed by atoms with Crippen LogP contribution in [-0.4, -0.2) is 67.9 Å². The number of carbonyl (C=O) groups is 3. The normalized spacial score (nSPS) is 20.8. The molecule has 1 fully saturated rings. The number of pyridine rings is 1. The molecule has 3 atom stereocenters. The van der Waals surface area contributed by atoms with E-state index >= 15 is 0 Å². The molecule has 0 bridgehead atoms. The van der Waals surface area contributed by atoms with Gasteiger partial charge < -0.3 is 29.9 Å². The molecular formula is C31H41N3O7. The highest BCUT2D eigenvalue weighted by atomic mass is 16.6. The fourth-order valence-corrected chi connectivity index (χ4v) is 5.79. The van der Waals surface area contributed by atoms with Gasteiger partial charge in [0.2, 0.25) is 5.91 Å². The number of nitrogens with one attached hydrogen (secondary N) is 1. The van der Waals surface area contributed by atoms with Crippen LogP contribution in [0, 0.1) is 0 Å². The first-order valence-corrected chi connectivity index (χ1v) is 14.3. The van der Waals surface area contributed by atoms with Crippen LogP contribution in [-0.2, 0) is 27.4 Å². The number of aliphatic carboxylic acids is 1. The van der Waals surface area contributed by atoms with Crippen molar-refractivity contribution in [3.05, 3.63) is 48.2 Å². The first-order chi connectivity index (χ1) is 19.5. The number of hydrogen-bond donors (Lipinski definition) is 3. The van der Waals surface area contributed by atoms with Crippen molar-refractivity contribution in [1.29, 1.82) is 0 Å². The van der Waals surface area contributed by atoms with Gasteiger partial charge in [0.05, 0.1) is 18.7 Å². The number of unbranched alkanes of at least 4 members (excludes halogenated alkanes) is 3. The number of ether oxygens (including phenoxy) is 2. The molecule has 2 amide bonds. The predicted octanol–water partition coefficient (Wildman–Crippen LogP) is 4.51. The van der Waals surface area contributed by atoms with Crippen molar-refractivity contribution in [2.45, 2.75) is 102 Å². The van der Waals surface area contributed by atoms with Crippen LogP contribution in [0.4, 0.5) is 4.79 Å². The third-order valence-electron chi connectivity index (χ3n) is 7.68. The first kappa shape index (κ1) is 30.3. The Balaban J connectivity index is 1.59. The molecule has 10 heteroatoms. The van der Waals surface area contributed by atoms with E-state index < -0.39 is 41.3 Å². The van der Waals surface area contributed by atoms with Crippen LogP contribution < -0.4 is 10.1 Å². The number of hydrogen-bond acceptors (Lipinski definition) is 7. The summed E-state index contributed by atoms with van der Waals surface area (Å²) in [7, 11) is 0. The number of benzene rings is 1. The number of rotatable bonds is 10. The maximum Gasteiger partial charge on any atom is 0.408 e. The van der Waals surface area contributed by atoms with Gasteiger partial charge in [-0.1, -0.05) is 37.1 Å². The smallest absolute Gasteiger partial charge is 0.408 e. The fourth-order valence-electron chi connectivity index (χ4n) is 5.79. The van der Waals surface area contributed by atoms with Gasteiger partial charge in [-0.3, -0.25) is 4.79 Å². The van der Waals surface area contributed by atoms with Crippen LogP contribution >= 0.6 is 0 Å². The zero-order valence-corrected chi connectivity index (χ0v) is 24.1. The highest BCUT2D eigenvalue weighted by molar-refractivity contribution is 5.90. The van der Waals surface area contributed by atoms with E-state index in [1.165, 1.54) is 4.90 Å². The number of likely N-dealkylation sites (tertiary alicyclic amines) is 1. The minimum absolute atomic E-state index is 0.0445. The summed E-state index contributed by atoms with van der Waals surface area (Å²) in [4.78, 5) is 44.9. The number of aliphatic hydroxyl groups excluding tert-OH is 1. The topological polar surface area (TPSA) is 138 Å². The van der Waals surface area contributed by atoms with Gasteiger partial charge in [-0.2, -0.15) is 0 Å².